The van der Waals surface area contributed by atoms with Gasteiger partial charge in [-0.15, -0.1) is 0 Å². The Balaban J connectivity index is 1.87. The van der Waals surface area contributed by atoms with Gasteiger partial charge in [0.15, 0.2) is 12.4 Å². The zero-order chi connectivity index (χ0) is 20.5. The van der Waals surface area contributed by atoms with Gasteiger partial charge in [-0.2, -0.15) is 0 Å². The van der Waals surface area contributed by atoms with Crippen LogP contribution in [0.4, 0.5) is 5.69 Å². The number of nitrogens with one attached hydrogen (secondary N) is 1. The Bertz CT molecular complexity index is 844. The number of hydrogen-bond donors (Lipinski definition) is 3. The zero-order valence-corrected chi connectivity index (χ0v) is 15.6. The van der Waals surface area contributed by atoms with Gasteiger partial charge in [-0.1, -0.05) is 19.8 Å². The molecule has 1 amide bonds. The third-order valence-corrected chi connectivity index (χ3v) is 4.03. The minimum Gasteiger partial charge on any atom is -0.508 e. The fourth-order valence-electron chi connectivity index (χ4n) is 2.48. The molecule has 0 aliphatic heterocycles. The summed E-state index contributed by atoms with van der Waals surface area (Å²) in [6.45, 7) is 1.57. The molecule has 28 heavy (non-hydrogen) atoms. The summed E-state index contributed by atoms with van der Waals surface area (Å²) in [7, 11) is 0. The van der Waals surface area contributed by atoms with E-state index in [0.717, 1.165) is 25.3 Å². The lowest BCUT2D eigenvalue weighted by Crippen LogP contribution is -2.15. The standard InChI is InChI=1S/C21H23NO6/c1-2-3-4-5-20(26)22-15-8-6-14(7-9-15)19(25)13-28-21(27)17-11-10-16(23)12-18(17)24/h6-12,23-24H,2-5,13H2,1H3,(H,22,26). The van der Waals surface area contributed by atoms with Gasteiger partial charge < -0.3 is 20.3 Å². The highest BCUT2D eigenvalue weighted by atomic mass is 16.5. The largest absolute Gasteiger partial charge is 0.508 e. The van der Waals surface area contributed by atoms with Crippen LogP contribution in [0, 0.1) is 0 Å². The van der Waals surface area contributed by atoms with Gasteiger partial charge in [0.25, 0.3) is 0 Å². The molecule has 0 bridgehead atoms. The van der Waals surface area contributed by atoms with Crippen LogP contribution in [-0.2, 0) is 9.53 Å². The van der Waals surface area contributed by atoms with Gasteiger partial charge in [-0.3, -0.25) is 9.59 Å². The Morgan fingerprint density at radius 3 is 2.36 bits per heavy atom. The molecule has 0 spiro atoms. The van der Waals surface area contributed by atoms with E-state index in [2.05, 4.69) is 12.2 Å². The molecule has 2 aromatic carbocycles. The normalized spacial score (nSPS) is 10.3. The number of esters is 1. The van der Waals surface area contributed by atoms with E-state index in [-0.39, 0.29) is 17.2 Å². The van der Waals surface area contributed by atoms with E-state index < -0.39 is 24.1 Å². The van der Waals surface area contributed by atoms with Gasteiger partial charge in [0.05, 0.1) is 0 Å². The summed E-state index contributed by atoms with van der Waals surface area (Å²) < 4.78 is 4.91. The number of ether oxygens (including phenoxy) is 1. The highest BCUT2D eigenvalue weighted by Gasteiger charge is 2.16. The molecular formula is C21H23NO6. The number of rotatable bonds is 9. The molecule has 7 heteroatoms. The van der Waals surface area contributed by atoms with Crippen molar-refractivity contribution in [3.05, 3.63) is 53.6 Å². The highest BCUT2D eigenvalue weighted by molar-refractivity contribution is 6.00. The predicted octanol–water partition coefficient (Wildman–Crippen LogP) is 3.66. The Labute approximate surface area is 163 Å². The average Bonchev–Trinajstić information content (AvgIpc) is 2.66. The molecule has 7 nitrogen and oxygen atoms in total. The van der Waals surface area contributed by atoms with E-state index in [0.29, 0.717) is 17.7 Å². The van der Waals surface area contributed by atoms with Crippen LogP contribution in [0.3, 0.4) is 0 Å². The number of carbonyl (C=O) groups is 3. The number of hydrogen-bond acceptors (Lipinski definition) is 6. The number of phenols is 2. The lowest BCUT2D eigenvalue weighted by molar-refractivity contribution is -0.116. The van der Waals surface area contributed by atoms with Crippen molar-refractivity contribution < 1.29 is 29.3 Å². The van der Waals surface area contributed by atoms with Crippen LogP contribution >= 0.6 is 0 Å². The summed E-state index contributed by atoms with van der Waals surface area (Å²) in [5.74, 6) is -2.00. The van der Waals surface area contributed by atoms with Gasteiger partial charge >= 0.3 is 5.97 Å². The third kappa shape index (κ3) is 6.12. The first kappa shape index (κ1) is 21.0. The average molecular weight is 385 g/mol. The molecule has 0 saturated heterocycles. The molecule has 0 fully saturated rings. The number of Topliss-reactive ketones (excluding diaryl/α,β-unsaturated/α-hetero) is 1. The Morgan fingerprint density at radius 2 is 1.71 bits per heavy atom. The van der Waals surface area contributed by atoms with Crippen LogP contribution in [-0.4, -0.2) is 34.5 Å². The van der Waals surface area contributed by atoms with Crippen LogP contribution in [0.25, 0.3) is 0 Å². The van der Waals surface area contributed by atoms with E-state index >= 15 is 0 Å². The first-order chi connectivity index (χ1) is 13.4. The SMILES string of the molecule is CCCCCC(=O)Nc1ccc(C(=O)COC(=O)c2ccc(O)cc2O)cc1. The quantitative estimate of drug-likeness (QED) is 0.345. The highest BCUT2D eigenvalue weighted by Crippen LogP contribution is 2.23. The van der Waals surface area contributed by atoms with E-state index in [1.54, 1.807) is 12.1 Å². The second-order valence-corrected chi connectivity index (χ2v) is 6.28. The van der Waals surface area contributed by atoms with Crippen LogP contribution in [0.5, 0.6) is 11.5 Å². The minimum atomic E-state index is -0.873. The molecule has 0 saturated carbocycles. The third-order valence-electron chi connectivity index (χ3n) is 4.03. The van der Waals surface area contributed by atoms with Gasteiger partial charge in [0, 0.05) is 23.7 Å². The van der Waals surface area contributed by atoms with Crippen molar-refractivity contribution in [1.29, 1.82) is 0 Å². The second-order valence-electron chi connectivity index (χ2n) is 6.28. The number of unbranched alkanes of at least 4 members (excludes halogenated alkanes) is 2. The summed E-state index contributed by atoms with van der Waals surface area (Å²) in [4.78, 5) is 35.9. The number of carbonyl (C=O) groups excluding carboxylic acids is 3. The molecule has 2 rings (SSSR count). The number of aromatic hydroxyl groups is 2. The van der Waals surface area contributed by atoms with Gasteiger partial charge in [-0.25, -0.2) is 4.79 Å². The van der Waals surface area contributed by atoms with E-state index in [1.165, 1.54) is 24.3 Å². The van der Waals surface area contributed by atoms with Crippen molar-refractivity contribution in [1.82, 2.24) is 0 Å². The number of anilines is 1. The van der Waals surface area contributed by atoms with Crippen molar-refractivity contribution in [2.45, 2.75) is 32.6 Å². The summed E-state index contributed by atoms with van der Waals surface area (Å²) in [5, 5.41) is 21.6. The van der Waals surface area contributed by atoms with Crippen LogP contribution in [0.15, 0.2) is 42.5 Å². The zero-order valence-electron chi connectivity index (χ0n) is 15.6. The van der Waals surface area contributed by atoms with Gasteiger partial charge in [0.1, 0.15) is 17.1 Å². The lowest BCUT2D eigenvalue weighted by Gasteiger charge is -2.08. The van der Waals surface area contributed by atoms with Crippen molar-refractivity contribution in [3.63, 3.8) is 0 Å². The van der Waals surface area contributed by atoms with Crippen molar-refractivity contribution in [2.24, 2.45) is 0 Å². The fourth-order valence-corrected chi connectivity index (χ4v) is 2.48. The van der Waals surface area contributed by atoms with E-state index in [9.17, 15) is 24.6 Å². The second kappa shape index (κ2) is 10.1. The summed E-state index contributed by atoms with van der Waals surface area (Å²) >= 11 is 0. The lowest BCUT2D eigenvalue weighted by atomic mass is 10.1. The first-order valence-corrected chi connectivity index (χ1v) is 9.03. The first-order valence-electron chi connectivity index (χ1n) is 9.03. The fraction of sp³-hybridized carbons (Fsp3) is 0.286. The van der Waals surface area contributed by atoms with Crippen molar-refractivity contribution in [2.75, 3.05) is 11.9 Å². The molecule has 0 atom stereocenters. The van der Waals surface area contributed by atoms with Crippen LogP contribution in [0.2, 0.25) is 0 Å². The maximum absolute atomic E-state index is 12.2. The van der Waals surface area contributed by atoms with Gasteiger partial charge in [0.2, 0.25) is 5.91 Å². The monoisotopic (exact) mass is 385 g/mol. The molecule has 0 aliphatic carbocycles. The Morgan fingerprint density at radius 1 is 1.00 bits per heavy atom. The molecule has 0 aromatic heterocycles. The Kier molecular flexibility index (Phi) is 7.56. The van der Waals surface area contributed by atoms with Crippen LogP contribution in [0.1, 0.15) is 53.3 Å². The van der Waals surface area contributed by atoms with E-state index in [1.807, 2.05) is 0 Å². The summed E-state index contributed by atoms with van der Waals surface area (Å²) in [6.07, 6.45) is 3.33. The number of phenolic OH excluding ortho intramolecular Hbond substituents is 2. The molecule has 0 aliphatic rings. The molecule has 3 N–H and O–H groups in total. The molecule has 0 heterocycles. The predicted molar refractivity (Wildman–Crippen MR) is 104 cm³/mol. The molecule has 2 aromatic rings. The van der Waals surface area contributed by atoms with Crippen molar-refractivity contribution in [3.8, 4) is 11.5 Å². The topological polar surface area (TPSA) is 113 Å². The Hall–Kier alpha value is -3.35. The van der Waals surface area contributed by atoms with Gasteiger partial charge in [-0.05, 0) is 42.8 Å². The summed E-state index contributed by atoms with van der Waals surface area (Å²) in [5.41, 5.74) is 0.766. The number of benzene rings is 2. The minimum absolute atomic E-state index is 0.0739. The maximum Gasteiger partial charge on any atom is 0.342 e. The smallest absolute Gasteiger partial charge is 0.342 e. The number of ketones is 1. The molecule has 0 radical (unpaired) electrons. The van der Waals surface area contributed by atoms with E-state index in [4.69, 9.17) is 4.74 Å². The molecule has 0 unspecified atom stereocenters. The molecule has 148 valence electrons. The maximum atomic E-state index is 12.2. The summed E-state index contributed by atoms with van der Waals surface area (Å²) in [6, 6.07) is 9.74. The molecular weight excluding hydrogens is 362 g/mol. The van der Waals surface area contributed by atoms with Crippen LogP contribution < -0.4 is 5.32 Å². The van der Waals surface area contributed by atoms with Crippen molar-refractivity contribution >= 4 is 23.3 Å². The number of amides is 1.